The van der Waals surface area contributed by atoms with Crippen molar-refractivity contribution >= 4 is 39.0 Å². The molecule has 0 aliphatic carbocycles. The predicted octanol–water partition coefficient (Wildman–Crippen LogP) is 1.82. The Morgan fingerprint density at radius 3 is 2.23 bits per heavy atom. The lowest BCUT2D eigenvalue weighted by atomic mass is 10.3. The first-order valence-corrected chi connectivity index (χ1v) is 5.24. The highest BCUT2D eigenvalue weighted by molar-refractivity contribution is 7.86. The fraction of sp³-hybridized carbons (Fsp3) is 0. The van der Waals surface area contributed by atoms with Crippen molar-refractivity contribution in [2.24, 2.45) is 0 Å². The van der Waals surface area contributed by atoms with E-state index in [4.69, 9.17) is 33.5 Å². The van der Waals surface area contributed by atoms with E-state index in [9.17, 15) is 8.42 Å². The van der Waals surface area contributed by atoms with Gasteiger partial charge in [0.25, 0.3) is 10.1 Å². The Bertz CT molecular complexity index is 443. The van der Waals surface area contributed by atoms with Gasteiger partial charge in [-0.2, -0.15) is 8.42 Å². The van der Waals surface area contributed by atoms with Crippen molar-refractivity contribution in [3.05, 3.63) is 22.2 Å². The molecule has 3 N–H and O–H groups in total. The summed E-state index contributed by atoms with van der Waals surface area (Å²) in [5, 5.41) is -0.434. The van der Waals surface area contributed by atoms with Crippen LogP contribution < -0.4 is 5.73 Å². The molecular weight excluding hydrogens is 237 g/mol. The van der Waals surface area contributed by atoms with E-state index in [0.717, 1.165) is 0 Å². The van der Waals surface area contributed by atoms with E-state index >= 15 is 0 Å². The van der Waals surface area contributed by atoms with Crippen LogP contribution in [0.25, 0.3) is 0 Å². The van der Waals surface area contributed by atoms with E-state index in [-0.39, 0.29) is 15.7 Å². The van der Waals surface area contributed by atoms with Gasteiger partial charge < -0.3 is 5.73 Å². The Balaban J connectivity index is 3.62. The number of hydrogen-bond acceptors (Lipinski definition) is 3. The van der Waals surface area contributed by atoms with Gasteiger partial charge in [-0.25, -0.2) is 0 Å². The second-order valence-corrected chi connectivity index (χ2v) is 4.40. The standard InChI is InChI=1S/C6H5Cl2NO3S/c7-3-1-2-4(9)5(8)6(3)13(10,11)12/h1-2H,9H2,(H,10,11,12). The number of hydrogen-bond donors (Lipinski definition) is 2. The van der Waals surface area contributed by atoms with Gasteiger partial charge in [0.15, 0.2) is 0 Å². The highest BCUT2D eigenvalue weighted by atomic mass is 35.5. The van der Waals surface area contributed by atoms with Gasteiger partial charge in [0.2, 0.25) is 0 Å². The maximum absolute atomic E-state index is 10.8. The Hall–Kier alpha value is -0.490. The van der Waals surface area contributed by atoms with Gasteiger partial charge in [-0.3, -0.25) is 4.55 Å². The summed E-state index contributed by atoms with van der Waals surface area (Å²) < 4.78 is 30.2. The molecular formula is C6H5Cl2NO3S. The van der Waals surface area contributed by atoms with Gasteiger partial charge in [-0.15, -0.1) is 0 Å². The average Bonchev–Trinajstić information content (AvgIpc) is 1.95. The quantitative estimate of drug-likeness (QED) is 0.581. The summed E-state index contributed by atoms with van der Waals surface area (Å²) in [5.74, 6) is 0. The van der Waals surface area contributed by atoms with Gasteiger partial charge in [0, 0.05) is 0 Å². The van der Waals surface area contributed by atoms with Crippen LogP contribution in [0.4, 0.5) is 5.69 Å². The fourth-order valence-corrected chi connectivity index (χ4v) is 2.40. The normalized spacial score (nSPS) is 11.6. The maximum atomic E-state index is 10.8. The average molecular weight is 242 g/mol. The molecule has 7 heteroatoms. The summed E-state index contributed by atoms with van der Waals surface area (Å²) in [7, 11) is -4.43. The van der Waals surface area contributed by atoms with E-state index in [2.05, 4.69) is 0 Å². The van der Waals surface area contributed by atoms with Crippen LogP contribution in [0.5, 0.6) is 0 Å². The van der Waals surface area contributed by atoms with Crippen molar-refractivity contribution < 1.29 is 13.0 Å². The molecule has 1 rings (SSSR count). The Morgan fingerprint density at radius 1 is 1.31 bits per heavy atom. The van der Waals surface area contributed by atoms with Crippen LogP contribution in [0.2, 0.25) is 10.0 Å². The second kappa shape index (κ2) is 3.34. The fourth-order valence-electron chi connectivity index (χ4n) is 0.784. The van der Waals surface area contributed by atoms with Crippen molar-refractivity contribution in [2.45, 2.75) is 4.90 Å². The van der Waals surface area contributed by atoms with E-state index in [1.807, 2.05) is 0 Å². The molecule has 0 fully saturated rings. The zero-order chi connectivity index (χ0) is 10.2. The van der Waals surface area contributed by atoms with Crippen molar-refractivity contribution in [3.63, 3.8) is 0 Å². The van der Waals surface area contributed by atoms with Gasteiger partial charge in [-0.1, -0.05) is 23.2 Å². The Labute approximate surface area is 85.0 Å². The molecule has 1 aromatic rings. The molecule has 4 nitrogen and oxygen atoms in total. The molecule has 0 aliphatic heterocycles. The van der Waals surface area contributed by atoms with E-state index in [0.29, 0.717) is 0 Å². The molecule has 13 heavy (non-hydrogen) atoms. The highest BCUT2D eigenvalue weighted by Crippen LogP contribution is 2.33. The third kappa shape index (κ3) is 2.05. The summed E-state index contributed by atoms with van der Waals surface area (Å²) in [6, 6.07) is 2.59. The van der Waals surface area contributed by atoms with Gasteiger partial charge in [0.05, 0.1) is 15.7 Å². The minimum atomic E-state index is -4.43. The molecule has 0 atom stereocenters. The lowest BCUT2D eigenvalue weighted by molar-refractivity contribution is 0.483. The predicted molar refractivity (Wildman–Crippen MR) is 50.7 cm³/mol. The number of benzene rings is 1. The summed E-state index contributed by atoms with van der Waals surface area (Å²) in [5.41, 5.74) is 5.36. The summed E-state index contributed by atoms with van der Waals surface area (Å²) in [6.45, 7) is 0. The minimum absolute atomic E-state index is 0.0405. The van der Waals surface area contributed by atoms with E-state index < -0.39 is 15.0 Å². The SMILES string of the molecule is Nc1ccc(Cl)c(S(=O)(=O)O)c1Cl. The molecule has 0 unspecified atom stereocenters. The molecule has 72 valence electrons. The first kappa shape index (κ1) is 10.6. The van der Waals surface area contributed by atoms with Gasteiger partial charge in [-0.05, 0) is 12.1 Å². The maximum Gasteiger partial charge on any atom is 0.297 e. The monoisotopic (exact) mass is 241 g/mol. The molecule has 0 amide bonds. The van der Waals surface area contributed by atoms with Gasteiger partial charge >= 0.3 is 0 Å². The first-order valence-electron chi connectivity index (χ1n) is 3.05. The summed E-state index contributed by atoms with van der Waals surface area (Å²) in [4.78, 5) is -0.559. The van der Waals surface area contributed by atoms with Crippen molar-refractivity contribution in [3.8, 4) is 0 Å². The molecule has 0 saturated heterocycles. The lowest BCUT2D eigenvalue weighted by Crippen LogP contribution is -2.02. The molecule has 0 bridgehead atoms. The molecule has 0 aliphatic rings. The number of nitrogen functional groups attached to an aromatic ring is 1. The minimum Gasteiger partial charge on any atom is -0.397 e. The van der Waals surface area contributed by atoms with E-state index in [1.54, 1.807) is 0 Å². The highest BCUT2D eigenvalue weighted by Gasteiger charge is 2.20. The topological polar surface area (TPSA) is 80.4 Å². The third-order valence-electron chi connectivity index (χ3n) is 1.34. The lowest BCUT2D eigenvalue weighted by Gasteiger charge is -2.05. The van der Waals surface area contributed by atoms with Crippen LogP contribution in [-0.4, -0.2) is 13.0 Å². The molecule has 0 radical (unpaired) electrons. The summed E-state index contributed by atoms with van der Waals surface area (Å²) >= 11 is 11.0. The van der Waals surface area contributed by atoms with Crippen molar-refractivity contribution in [1.82, 2.24) is 0 Å². The Morgan fingerprint density at radius 2 is 1.85 bits per heavy atom. The molecule has 0 spiro atoms. The summed E-state index contributed by atoms with van der Waals surface area (Å²) in [6.07, 6.45) is 0. The zero-order valence-electron chi connectivity index (χ0n) is 6.16. The first-order chi connectivity index (χ1) is 5.84. The van der Waals surface area contributed by atoms with Crippen LogP contribution in [-0.2, 0) is 10.1 Å². The number of halogens is 2. The van der Waals surface area contributed by atoms with Gasteiger partial charge in [0.1, 0.15) is 4.90 Å². The molecule has 0 saturated carbocycles. The smallest absolute Gasteiger partial charge is 0.297 e. The second-order valence-electron chi connectivity index (χ2n) is 2.25. The van der Waals surface area contributed by atoms with Crippen LogP contribution in [0, 0.1) is 0 Å². The zero-order valence-corrected chi connectivity index (χ0v) is 8.49. The van der Waals surface area contributed by atoms with Crippen LogP contribution >= 0.6 is 23.2 Å². The number of rotatable bonds is 1. The third-order valence-corrected chi connectivity index (χ3v) is 3.22. The van der Waals surface area contributed by atoms with Crippen LogP contribution in [0.3, 0.4) is 0 Å². The molecule has 0 aromatic heterocycles. The van der Waals surface area contributed by atoms with Crippen molar-refractivity contribution in [1.29, 1.82) is 0 Å². The number of anilines is 1. The van der Waals surface area contributed by atoms with Crippen molar-refractivity contribution in [2.75, 3.05) is 5.73 Å². The van der Waals surface area contributed by atoms with Crippen LogP contribution in [0.1, 0.15) is 0 Å². The molecule has 1 aromatic carbocycles. The Kier molecular flexibility index (Phi) is 2.72. The molecule has 0 heterocycles. The van der Waals surface area contributed by atoms with E-state index in [1.165, 1.54) is 12.1 Å². The van der Waals surface area contributed by atoms with Crippen LogP contribution in [0.15, 0.2) is 17.0 Å². The number of nitrogens with two attached hydrogens (primary N) is 1. The largest absolute Gasteiger partial charge is 0.397 e.